The lowest BCUT2D eigenvalue weighted by molar-refractivity contribution is 0.0997. The van der Waals surface area contributed by atoms with Crippen LogP contribution in [0.4, 0.5) is 5.69 Å². The van der Waals surface area contributed by atoms with E-state index in [1.165, 1.54) is 0 Å². The first kappa shape index (κ1) is 16.7. The zero-order valence-corrected chi connectivity index (χ0v) is 15.0. The zero-order chi connectivity index (χ0) is 18.1. The van der Waals surface area contributed by atoms with Gasteiger partial charge in [0.15, 0.2) is 5.76 Å². The zero-order valence-electron chi connectivity index (χ0n) is 13.5. The van der Waals surface area contributed by atoms with Gasteiger partial charge < -0.3 is 9.73 Å². The van der Waals surface area contributed by atoms with Crippen molar-refractivity contribution in [2.75, 3.05) is 5.32 Å². The van der Waals surface area contributed by atoms with Gasteiger partial charge in [-0.05, 0) is 41.8 Å². The van der Waals surface area contributed by atoms with Gasteiger partial charge in [0.1, 0.15) is 5.76 Å². The van der Waals surface area contributed by atoms with Gasteiger partial charge >= 0.3 is 0 Å². The molecular weight excluding hydrogens is 369 g/mol. The largest absolute Gasteiger partial charge is 0.451 e. The van der Waals surface area contributed by atoms with Crippen LogP contribution in [0.15, 0.2) is 77.2 Å². The normalized spacial score (nSPS) is 10.8. The Morgan fingerprint density at radius 3 is 2.58 bits per heavy atom. The number of fused-ring (bicyclic) bond motifs is 1. The van der Waals surface area contributed by atoms with Crippen molar-refractivity contribution in [3.8, 4) is 11.3 Å². The molecule has 128 valence electrons. The highest BCUT2D eigenvalue weighted by molar-refractivity contribution is 6.35. The van der Waals surface area contributed by atoms with Crippen molar-refractivity contribution in [1.82, 2.24) is 0 Å². The fourth-order valence-electron chi connectivity index (χ4n) is 2.81. The van der Waals surface area contributed by atoms with E-state index in [2.05, 4.69) is 5.32 Å². The third-order valence-electron chi connectivity index (χ3n) is 4.06. The molecule has 0 aliphatic rings. The second-order valence-electron chi connectivity index (χ2n) is 5.77. The third kappa shape index (κ3) is 3.19. The van der Waals surface area contributed by atoms with Crippen LogP contribution < -0.4 is 5.32 Å². The summed E-state index contributed by atoms with van der Waals surface area (Å²) in [5.41, 5.74) is 1.37. The number of rotatable bonds is 3. The molecule has 1 N–H and O–H groups in total. The summed E-state index contributed by atoms with van der Waals surface area (Å²) in [7, 11) is 0. The lowest BCUT2D eigenvalue weighted by atomic mass is 10.1. The Bertz CT molecular complexity index is 1110. The van der Waals surface area contributed by atoms with E-state index >= 15 is 0 Å². The van der Waals surface area contributed by atoms with Crippen molar-refractivity contribution in [2.45, 2.75) is 0 Å². The number of benzene rings is 3. The predicted molar refractivity (Wildman–Crippen MR) is 106 cm³/mol. The quantitative estimate of drug-likeness (QED) is 0.431. The van der Waals surface area contributed by atoms with Gasteiger partial charge in [-0.25, -0.2) is 0 Å². The summed E-state index contributed by atoms with van der Waals surface area (Å²) in [5.74, 6) is 0.357. The molecule has 4 rings (SSSR count). The van der Waals surface area contributed by atoms with Gasteiger partial charge in [0, 0.05) is 21.7 Å². The van der Waals surface area contributed by atoms with Gasteiger partial charge in [0.25, 0.3) is 5.91 Å². The van der Waals surface area contributed by atoms with Crippen LogP contribution in [0.2, 0.25) is 10.0 Å². The number of nitrogens with one attached hydrogen (secondary N) is 1. The molecule has 4 aromatic rings. The Kier molecular flexibility index (Phi) is 4.41. The molecule has 0 saturated carbocycles. The molecule has 0 atom stereocenters. The second kappa shape index (κ2) is 6.87. The summed E-state index contributed by atoms with van der Waals surface area (Å²) in [4.78, 5) is 12.6. The maximum atomic E-state index is 12.6. The number of hydrogen-bond acceptors (Lipinski definition) is 2. The molecule has 26 heavy (non-hydrogen) atoms. The fourth-order valence-corrected chi connectivity index (χ4v) is 3.19. The Balaban J connectivity index is 1.63. The average molecular weight is 382 g/mol. The van der Waals surface area contributed by atoms with Crippen molar-refractivity contribution in [3.05, 3.63) is 88.6 Å². The van der Waals surface area contributed by atoms with Gasteiger partial charge in [-0.3, -0.25) is 4.79 Å². The molecule has 0 radical (unpaired) electrons. The predicted octanol–water partition coefficient (Wildman–Crippen LogP) is 6.66. The van der Waals surface area contributed by atoms with Gasteiger partial charge in [-0.1, -0.05) is 59.6 Å². The first-order chi connectivity index (χ1) is 12.6. The number of anilines is 1. The van der Waals surface area contributed by atoms with E-state index in [-0.39, 0.29) is 11.7 Å². The monoisotopic (exact) mass is 381 g/mol. The molecule has 0 unspecified atom stereocenters. The van der Waals surface area contributed by atoms with Crippen LogP contribution in [-0.2, 0) is 0 Å². The minimum absolute atomic E-state index is 0.198. The topological polar surface area (TPSA) is 42.2 Å². The van der Waals surface area contributed by atoms with E-state index in [1.807, 2.05) is 42.5 Å². The van der Waals surface area contributed by atoms with Crippen LogP contribution in [0.3, 0.4) is 0 Å². The smallest absolute Gasteiger partial charge is 0.291 e. The van der Waals surface area contributed by atoms with E-state index < -0.39 is 0 Å². The van der Waals surface area contributed by atoms with Crippen molar-refractivity contribution in [3.63, 3.8) is 0 Å². The summed E-state index contributed by atoms with van der Waals surface area (Å²) >= 11 is 12.2. The van der Waals surface area contributed by atoms with Crippen molar-refractivity contribution >= 4 is 45.6 Å². The SMILES string of the molecule is O=C(Nc1cccc2ccccc12)c1ccc(-c2cc(Cl)ccc2Cl)o1. The van der Waals surface area contributed by atoms with Gasteiger partial charge in [0.2, 0.25) is 0 Å². The summed E-state index contributed by atoms with van der Waals surface area (Å²) < 4.78 is 5.70. The van der Waals surface area contributed by atoms with Gasteiger partial charge in [0.05, 0.1) is 5.02 Å². The second-order valence-corrected chi connectivity index (χ2v) is 6.61. The molecule has 0 aliphatic heterocycles. The Hall–Kier alpha value is -2.75. The first-order valence-corrected chi connectivity index (χ1v) is 8.72. The molecule has 0 saturated heterocycles. The van der Waals surface area contributed by atoms with E-state index in [4.69, 9.17) is 27.6 Å². The number of furan rings is 1. The molecule has 0 fully saturated rings. The molecule has 1 aromatic heterocycles. The summed E-state index contributed by atoms with van der Waals surface area (Å²) in [6.07, 6.45) is 0. The Labute approximate surface area is 160 Å². The van der Waals surface area contributed by atoms with E-state index in [0.717, 1.165) is 16.5 Å². The number of hydrogen-bond donors (Lipinski definition) is 1. The van der Waals surface area contributed by atoms with Crippen molar-refractivity contribution in [2.24, 2.45) is 0 Å². The molecule has 3 aromatic carbocycles. The number of amides is 1. The van der Waals surface area contributed by atoms with Crippen LogP contribution in [0, 0.1) is 0 Å². The van der Waals surface area contributed by atoms with Crippen LogP contribution in [-0.4, -0.2) is 5.91 Å². The molecule has 0 bridgehead atoms. The lowest BCUT2D eigenvalue weighted by Gasteiger charge is -2.07. The van der Waals surface area contributed by atoms with Crippen LogP contribution >= 0.6 is 23.2 Å². The number of carbonyl (C=O) groups excluding carboxylic acids is 1. The highest BCUT2D eigenvalue weighted by Crippen LogP contribution is 2.32. The number of carbonyl (C=O) groups is 1. The van der Waals surface area contributed by atoms with E-state index in [9.17, 15) is 4.79 Å². The van der Waals surface area contributed by atoms with Gasteiger partial charge in [-0.15, -0.1) is 0 Å². The maximum absolute atomic E-state index is 12.6. The van der Waals surface area contributed by atoms with Crippen LogP contribution in [0.25, 0.3) is 22.1 Å². The molecule has 1 heterocycles. The van der Waals surface area contributed by atoms with Crippen molar-refractivity contribution in [1.29, 1.82) is 0 Å². The van der Waals surface area contributed by atoms with E-state index in [1.54, 1.807) is 30.3 Å². The minimum atomic E-state index is -0.328. The van der Waals surface area contributed by atoms with E-state index in [0.29, 0.717) is 21.4 Å². The average Bonchev–Trinajstić information content (AvgIpc) is 3.14. The minimum Gasteiger partial charge on any atom is -0.451 e. The molecule has 5 heteroatoms. The summed E-state index contributed by atoms with van der Waals surface area (Å²) in [5, 5.41) is 5.97. The Morgan fingerprint density at radius 2 is 1.69 bits per heavy atom. The third-order valence-corrected chi connectivity index (χ3v) is 4.63. The maximum Gasteiger partial charge on any atom is 0.291 e. The molecule has 1 amide bonds. The summed E-state index contributed by atoms with van der Waals surface area (Å²) in [6.45, 7) is 0. The Morgan fingerprint density at radius 1 is 0.885 bits per heavy atom. The highest BCUT2D eigenvalue weighted by Gasteiger charge is 2.15. The van der Waals surface area contributed by atoms with Crippen molar-refractivity contribution < 1.29 is 9.21 Å². The number of halogens is 2. The molecule has 3 nitrogen and oxygen atoms in total. The van der Waals surface area contributed by atoms with Gasteiger partial charge in [-0.2, -0.15) is 0 Å². The summed E-state index contributed by atoms with van der Waals surface area (Å²) in [6, 6.07) is 22.0. The molecular formula is C21H13Cl2NO2. The molecule has 0 spiro atoms. The lowest BCUT2D eigenvalue weighted by Crippen LogP contribution is -2.11. The standard InChI is InChI=1S/C21H13Cl2NO2/c22-14-8-9-17(23)16(12-14)19-10-11-20(26-19)21(25)24-18-7-3-5-13-4-1-2-6-15(13)18/h1-12H,(H,24,25). The first-order valence-electron chi connectivity index (χ1n) is 7.96. The van der Waals surface area contributed by atoms with Crippen LogP contribution in [0.5, 0.6) is 0 Å². The molecule has 0 aliphatic carbocycles. The highest BCUT2D eigenvalue weighted by atomic mass is 35.5. The van der Waals surface area contributed by atoms with Crippen LogP contribution in [0.1, 0.15) is 10.6 Å². The fraction of sp³-hybridized carbons (Fsp3) is 0.